The van der Waals surface area contributed by atoms with Gasteiger partial charge in [-0.25, -0.2) is 9.78 Å². The van der Waals surface area contributed by atoms with E-state index in [1.54, 1.807) is 37.3 Å². The summed E-state index contributed by atoms with van der Waals surface area (Å²) in [5.74, 6) is -6.87. The molecule has 20 nitrogen and oxygen atoms in total. The van der Waals surface area contributed by atoms with Crippen LogP contribution in [0.25, 0.3) is 10.6 Å². The van der Waals surface area contributed by atoms with Gasteiger partial charge >= 0.3 is 11.9 Å². The lowest BCUT2D eigenvalue weighted by Gasteiger charge is -2.19. The lowest BCUT2D eigenvalue weighted by molar-refractivity contribution is -0.147. The van der Waals surface area contributed by atoms with Crippen LogP contribution in [0.15, 0.2) is 41.4 Å². The Kier molecular flexibility index (Phi) is 13.9. The molecule has 0 saturated heterocycles. The molecule has 1 aromatic carbocycles. The molecular formula is C29H35N11O9S. The predicted octanol–water partition coefficient (Wildman–Crippen LogP) is -1.48. The first-order valence-electron chi connectivity index (χ1n) is 14.8. The topological polar surface area (TPSA) is 326 Å². The number of aromatic amines is 1. The molecule has 2 aromatic heterocycles. The number of benzene rings is 1. The minimum Gasteiger partial charge on any atom is -0.481 e. The van der Waals surface area contributed by atoms with Gasteiger partial charge < -0.3 is 42.9 Å². The second kappa shape index (κ2) is 18.2. The molecule has 5 amide bonds. The summed E-state index contributed by atoms with van der Waals surface area (Å²) in [6, 6.07) is 7.07. The number of hydrogen-bond donors (Lipinski definition) is 10. The van der Waals surface area contributed by atoms with E-state index >= 15 is 0 Å². The van der Waals surface area contributed by atoms with Gasteiger partial charge in [-0.05, 0) is 38.0 Å². The standard InChI is InChI=1S/C29H35N11O9S/c1-14-23(50-29(35-14)38-24(45)15-6-3-2-4-7-15)17-10-18(40-39-17)26(47)34-12-20(41)36-16(8-5-9-32-28(30)31)25(46)33-13-21(42)37-19(27(48)49)11-22(43)44/h2-4,6-7,10,16,19H,5,8-9,11-13H2,1H3,(H,33,46)(H,34,47)(H,36,41)(H,37,42)(H,39,40)(H,43,44)(H,48,49)(H4,30,31,32)(H,35,38,45)/t16-,19-/m1/s1. The molecule has 50 heavy (non-hydrogen) atoms. The van der Waals surface area contributed by atoms with Crippen LogP contribution in [-0.2, 0) is 24.0 Å². The third kappa shape index (κ3) is 12.0. The Morgan fingerprint density at radius 2 is 1.60 bits per heavy atom. The molecule has 0 bridgehead atoms. The zero-order valence-corrected chi connectivity index (χ0v) is 27.3. The Balaban J connectivity index is 1.57. The number of nitrogens with one attached hydrogen (secondary N) is 6. The molecule has 3 aromatic rings. The third-order valence-corrected chi connectivity index (χ3v) is 7.66. The van der Waals surface area contributed by atoms with Gasteiger partial charge in [0.05, 0.1) is 35.8 Å². The van der Waals surface area contributed by atoms with Crippen molar-refractivity contribution < 1.29 is 43.8 Å². The van der Waals surface area contributed by atoms with Gasteiger partial charge in [0.15, 0.2) is 16.8 Å². The van der Waals surface area contributed by atoms with Crippen molar-refractivity contribution >= 4 is 63.9 Å². The average molecular weight is 714 g/mol. The van der Waals surface area contributed by atoms with Crippen molar-refractivity contribution in [2.45, 2.75) is 38.3 Å². The first kappa shape index (κ1) is 38.1. The predicted molar refractivity (Wildman–Crippen MR) is 178 cm³/mol. The Morgan fingerprint density at radius 3 is 2.24 bits per heavy atom. The largest absolute Gasteiger partial charge is 0.481 e. The highest BCUT2D eigenvalue weighted by atomic mass is 32.1. The van der Waals surface area contributed by atoms with Crippen LogP contribution in [0.1, 0.15) is 45.8 Å². The van der Waals surface area contributed by atoms with Crippen molar-refractivity contribution in [2.75, 3.05) is 25.0 Å². The summed E-state index contributed by atoms with van der Waals surface area (Å²) in [6.07, 6.45) is -0.658. The number of rotatable bonds is 18. The number of thiazole rings is 1. The van der Waals surface area contributed by atoms with Gasteiger partial charge in [0.25, 0.3) is 11.8 Å². The highest BCUT2D eigenvalue weighted by Crippen LogP contribution is 2.32. The Bertz CT molecular complexity index is 1750. The summed E-state index contributed by atoms with van der Waals surface area (Å²) in [4.78, 5) is 93.8. The van der Waals surface area contributed by atoms with Gasteiger partial charge in [0, 0.05) is 12.1 Å². The normalized spacial score (nSPS) is 11.7. The lowest BCUT2D eigenvalue weighted by atomic mass is 10.1. The number of carboxylic acids is 2. The van der Waals surface area contributed by atoms with Crippen molar-refractivity contribution in [2.24, 2.45) is 16.5 Å². The Hall–Kier alpha value is -6.38. The number of aliphatic carboxylic acids is 2. The summed E-state index contributed by atoms with van der Waals surface area (Å²) in [6.45, 7) is 0.540. The number of carboxylic acid groups (broad SMARTS) is 2. The maximum absolute atomic E-state index is 12.8. The van der Waals surface area contributed by atoms with Crippen LogP contribution in [0.5, 0.6) is 0 Å². The number of anilines is 1. The number of carbonyl (C=O) groups is 7. The fourth-order valence-corrected chi connectivity index (χ4v) is 5.12. The second-order valence-corrected chi connectivity index (χ2v) is 11.4. The first-order chi connectivity index (χ1) is 23.7. The molecule has 21 heteroatoms. The molecular weight excluding hydrogens is 678 g/mol. The van der Waals surface area contributed by atoms with Crippen LogP contribution in [0.4, 0.5) is 5.13 Å². The molecule has 2 heterocycles. The van der Waals surface area contributed by atoms with Gasteiger partial charge in [0.2, 0.25) is 17.7 Å². The Morgan fingerprint density at radius 1 is 0.940 bits per heavy atom. The highest BCUT2D eigenvalue weighted by Gasteiger charge is 2.25. The number of carbonyl (C=O) groups excluding carboxylic acids is 5. The molecule has 0 unspecified atom stereocenters. The minimum atomic E-state index is -1.72. The summed E-state index contributed by atoms with van der Waals surface area (Å²) in [7, 11) is 0. The highest BCUT2D eigenvalue weighted by molar-refractivity contribution is 7.19. The number of aromatic nitrogens is 3. The Labute approximate surface area is 287 Å². The molecule has 2 atom stereocenters. The molecule has 0 aliphatic rings. The van der Waals surface area contributed by atoms with E-state index in [9.17, 15) is 33.6 Å². The van der Waals surface area contributed by atoms with Crippen molar-refractivity contribution in [3.8, 4) is 10.6 Å². The van der Waals surface area contributed by atoms with Gasteiger partial charge in [-0.1, -0.05) is 29.5 Å². The monoisotopic (exact) mass is 713 g/mol. The fraction of sp³-hybridized carbons (Fsp3) is 0.310. The minimum absolute atomic E-state index is 0.00536. The SMILES string of the molecule is Cc1nc(NC(=O)c2ccccc2)sc1-c1cc(C(=O)NCC(=O)N[C@H](CCCN=C(N)N)C(=O)NCC(=O)N[C@H](CC(=O)O)C(=O)O)n[nH]1. The molecule has 0 fully saturated rings. The van der Waals surface area contributed by atoms with Crippen LogP contribution < -0.4 is 38.1 Å². The van der Waals surface area contributed by atoms with Crippen molar-refractivity contribution in [1.82, 2.24) is 36.4 Å². The zero-order valence-electron chi connectivity index (χ0n) is 26.5. The number of amides is 5. The van der Waals surface area contributed by atoms with Crippen LogP contribution in [0, 0.1) is 6.92 Å². The van der Waals surface area contributed by atoms with Crippen LogP contribution in [0.2, 0.25) is 0 Å². The van der Waals surface area contributed by atoms with E-state index < -0.39 is 67.2 Å². The number of aryl methyl sites for hydroxylation is 1. The van der Waals surface area contributed by atoms with Gasteiger partial charge in [0.1, 0.15) is 12.1 Å². The summed E-state index contributed by atoms with van der Waals surface area (Å²) in [5.41, 5.74) is 12.0. The molecule has 3 rings (SSSR count). The van der Waals surface area contributed by atoms with Crippen LogP contribution >= 0.6 is 11.3 Å². The number of nitrogens with zero attached hydrogens (tertiary/aromatic N) is 3. The molecule has 12 N–H and O–H groups in total. The van der Waals surface area contributed by atoms with E-state index in [-0.39, 0.29) is 36.9 Å². The van der Waals surface area contributed by atoms with E-state index in [1.807, 2.05) is 5.32 Å². The average Bonchev–Trinajstić information content (AvgIpc) is 3.70. The number of nitrogens with two attached hydrogens (primary N) is 2. The van der Waals surface area contributed by atoms with E-state index in [1.165, 1.54) is 17.4 Å². The summed E-state index contributed by atoms with van der Waals surface area (Å²) >= 11 is 1.17. The van der Waals surface area contributed by atoms with E-state index in [4.69, 9.17) is 21.7 Å². The zero-order chi connectivity index (χ0) is 36.8. The number of H-pyrrole nitrogens is 1. The first-order valence-corrected chi connectivity index (χ1v) is 15.6. The maximum atomic E-state index is 12.8. The molecule has 266 valence electrons. The molecule has 0 radical (unpaired) electrons. The summed E-state index contributed by atoms with van der Waals surface area (Å²) < 4.78 is 0. The molecule has 0 aliphatic carbocycles. The van der Waals surface area contributed by atoms with Crippen LogP contribution in [-0.4, -0.2) is 105 Å². The molecule has 0 spiro atoms. The van der Waals surface area contributed by atoms with E-state index in [0.717, 1.165) is 0 Å². The second-order valence-electron chi connectivity index (χ2n) is 10.4. The number of hydrogen-bond acceptors (Lipinski definition) is 11. The number of aliphatic imine (C=N–C) groups is 1. The van der Waals surface area contributed by atoms with Crippen molar-refractivity contribution in [3.05, 3.63) is 53.3 Å². The summed E-state index contributed by atoms with van der Waals surface area (Å²) in [5, 5.41) is 36.8. The van der Waals surface area contributed by atoms with E-state index in [0.29, 0.717) is 27.0 Å². The van der Waals surface area contributed by atoms with Gasteiger partial charge in [-0.15, -0.1) is 0 Å². The quantitative estimate of drug-likeness (QED) is 0.0409. The van der Waals surface area contributed by atoms with Crippen LogP contribution in [0.3, 0.4) is 0 Å². The smallest absolute Gasteiger partial charge is 0.326 e. The van der Waals surface area contributed by atoms with Gasteiger partial charge in [-0.3, -0.25) is 44.2 Å². The van der Waals surface area contributed by atoms with Crippen molar-refractivity contribution in [1.29, 1.82) is 0 Å². The maximum Gasteiger partial charge on any atom is 0.326 e. The third-order valence-electron chi connectivity index (χ3n) is 6.55. The molecule has 0 aliphatic heterocycles. The molecule has 0 saturated carbocycles. The van der Waals surface area contributed by atoms with Gasteiger partial charge in [-0.2, -0.15) is 5.10 Å². The lowest BCUT2D eigenvalue weighted by Crippen LogP contribution is -2.52. The van der Waals surface area contributed by atoms with E-state index in [2.05, 4.69) is 41.4 Å². The van der Waals surface area contributed by atoms with Crippen molar-refractivity contribution in [3.63, 3.8) is 0 Å². The fourth-order valence-electron chi connectivity index (χ4n) is 4.19. The number of guanidine groups is 1.